The Morgan fingerprint density at radius 3 is 2.30 bits per heavy atom. The van der Waals surface area contributed by atoms with Crippen LogP contribution in [0.1, 0.15) is 58.8 Å². The molecule has 2 rings (SSSR count). The highest BCUT2D eigenvalue weighted by molar-refractivity contribution is 4.90. The molecule has 0 radical (unpaired) electrons. The second-order valence-corrected chi connectivity index (χ2v) is 6.50. The van der Waals surface area contributed by atoms with E-state index in [4.69, 9.17) is 9.47 Å². The van der Waals surface area contributed by atoms with Gasteiger partial charge >= 0.3 is 0 Å². The lowest BCUT2D eigenvalue weighted by atomic mass is 9.88. The van der Waals surface area contributed by atoms with Crippen LogP contribution in [0.3, 0.4) is 0 Å². The Morgan fingerprint density at radius 1 is 1.05 bits per heavy atom. The second kappa shape index (κ2) is 7.21. The van der Waals surface area contributed by atoms with Crippen LogP contribution in [0.5, 0.6) is 0 Å². The fourth-order valence-electron chi connectivity index (χ4n) is 3.67. The predicted molar refractivity (Wildman–Crippen MR) is 77.3 cm³/mol. The van der Waals surface area contributed by atoms with Gasteiger partial charge in [-0.3, -0.25) is 0 Å². The monoisotopic (exact) mass is 286 g/mol. The number of aliphatic hydroxyl groups excluding tert-OH is 2. The lowest BCUT2D eigenvalue weighted by Gasteiger charge is -2.30. The van der Waals surface area contributed by atoms with E-state index in [-0.39, 0.29) is 24.0 Å². The van der Waals surface area contributed by atoms with Crippen LogP contribution in [-0.2, 0) is 9.47 Å². The Balaban J connectivity index is 1.85. The Labute approximate surface area is 122 Å². The first-order valence-corrected chi connectivity index (χ1v) is 8.22. The maximum Gasteiger partial charge on any atom is 0.168 e. The van der Waals surface area contributed by atoms with Gasteiger partial charge in [-0.05, 0) is 31.1 Å². The molecule has 1 heterocycles. The Morgan fingerprint density at radius 2 is 1.75 bits per heavy atom. The van der Waals surface area contributed by atoms with Crippen LogP contribution in [-0.4, -0.2) is 41.4 Å². The molecule has 0 bridgehead atoms. The third-order valence-electron chi connectivity index (χ3n) is 5.09. The Kier molecular flexibility index (Phi) is 5.84. The fourth-order valence-corrected chi connectivity index (χ4v) is 3.67. The van der Waals surface area contributed by atoms with E-state index >= 15 is 0 Å². The molecule has 1 aliphatic carbocycles. The maximum absolute atomic E-state index is 10.1. The molecule has 2 fully saturated rings. The predicted octanol–water partition coefficient (Wildman–Crippen LogP) is 2.47. The normalized spacial score (nSPS) is 36.6. The molecule has 2 aliphatic rings. The summed E-state index contributed by atoms with van der Waals surface area (Å²) in [7, 11) is 0. The van der Waals surface area contributed by atoms with Crippen molar-refractivity contribution in [3.8, 4) is 0 Å². The molecule has 20 heavy (non-hydrogen) atoms. The van der Waals surface area contributed by atoms with Gasteiger partial charge in [-0.15, -0.1) is 0 Å². The quantitative estimate of drug-likeness (QED) is 0.706. The number of hydrogen-bond donors (Lipinski definition) is 2. The standard InChI is InChI=1S/C16H30O4/c1-3-4-5-7-16(19-9-10-20-16)8-6-13-12(2)14(17)11-15(13)18/h12-15,17-18H,3-11H2,1-2H3/t12?,13-,14+,15-/m1/s1. The van der Waals surface area contributed by atoms with Crippen LogP contribution in [0, 0.1) is 11.8 Å². The van der Waals surface area contributed by atoms with Crippen molar-refractivity contribution >= 4 is 0 Å². The van der Waals surface area contributed by atoms with E-state index < -0.39 is 5.79 Å². The summed E-state index contributed by atoms with van der Waals surface area (Å²) >= 11 is 0. The van der Waals surface area contributed by atoms with Gasteiger partial charge in [-0.25, -0.2) is 0 Å². The van der Waals surface area contributed by atoms with E-state index in [9.17, 15) is 10.2 Å². The van der Waals surface area contributed by atoms with Crippen molar-refractivity contribution in [2.24, 2.45) is 11.8 Å². The largest absolute Gasteiger partial charge is 0.393 e. The van der Waals surface area contributed by atoms with Crippen molar-refractivity contribution in [3.05, 3.63) is 0 Å². The van der Waals surface area contributed by atoms with Gasteiger partial charge < -0.3 is 19.7 Å². The molecule has 4 heteroatoms. The minimum absolute atomic E-state index is 0.166. The van der Waals surface area contributed by atoms with Crippen LogP contribution in [0.15, 0.2) is 0 Å². The highest BCUT2D eigenvalue weighted by Gasteiger charge is 2.42. The maximum atomic E-state index is 10.1. The van der Waals surface area contributed by atoms with Crippen LogP contribution in [0.2, 0.25) is 0 Å². The van der Waals surface area contributed by atoms with E-state index in [1.165, 1.54) is 12.8 Å². The summed E-state index contributed by atoms with van der Waals surface area (Å²) < 4.78 is 11.8. The molecule has 4 nitrogen and oxygen atoms in total. The average molecular weight is 286 g/mol. The third-order valence-corrected chi connectivity index (χ3v) is 5.09. The minimum atomic E-state index is -0.428. The summed E-state index contributed by atoms with van der Waals surface area (Å²) in [6.07, 6.45) is 5.93. The van der Waals surface area contributed by atoms with E-state index in [0.717, 1.165) is 25.7 Å². The van der Waals surface area contributed by atoms with E-state index in [0.29, 0.717) is 19.6 Å². The first-order valence-electron chi connectivity index (χ1n) is 8.22. The number of rotatable bonds is 7. The summed E-state index contributed by atoms with van der Waals surface area (Å²) in [5.74, 6) is -0.0951. The lowest BCUT2D eigenvalue weighted by Crippen LogP contribution is -2.32. The second-order valence-electron chi connectivity index (χ2n) is 6.50. The molecule has 0 aromatic rings. The summed E-state index contributed by atoms with van der Waals surface area (Å²) in [5.41, 5.74) is 0. The summed E-state index contributed by atoms with van der Waals surface area (Å²) in [6, 6.07) is 0. The first kappa shape index (κ1) is 16.2. The summed E-state index contributed by atoms with van der Waals surface area (Å²) in [6.45, 7) is 5.59. The number of aliphatic hydroxyl groups is 2. The van der Waals surface area contributed by atoms with Crippen LogP contribution in [0.4, 0.5) is 0 Å². The molecular formula is C16H30O4. The van der Waals surface area contributed by atoms with E-state index in [2.05, 4.69) is 6.92 Å². The molecule has 0 aromatic carbocycles. The summed E-state index contributed by atoms with van der Waals surface area (Å²) in [4.78, 5) is 0. The molecule has 0 amide bonds. The minimum Gasteiger partial charge on any atom is -0.393 e. The molecule has 1 saturated carbocycles. The molecule has 0 spiro atoms. The summed E-state index contributed by atoms with van der Waals surface area (Å²) in [5, 5.41) is 19.9. The molecule has 2 N–H and O–H groups in total. The van der Waals surface area contributed by atoms with E-state index in [1.807, 2.05) is 6.92 Å². The van der Waals surface area contributed by atoms with Crippen LogP contribution < -0.4 is 0 Å². The molecule has 1 unspecified atom stereocenters. The molecule has 4 atom stereocenters. The lowest BCUT2D eigenvalue weighted by molar-refractivity contribution is -0.171. The average Bonchev–Trinajstić information content (AvgIpc) is 2.96. The number of unbranched alkanes of at least 4 members (excludes halogenated alkanes) is 2. The van der Waals surface area contributed by atoms with Crippen molar-refractivity contribution in [2.75, 3.05) is 13.2 Å². The van der Waals surface area contributed by atoms with Crippen molar-refractivity contribution in [1.29, 1.82) is 0 Å². The molecule has 118 valence electrons. The smallest absolute Gasteiger partial charge is 0.168 e. The van der Waals surface area contributed by atoms with Crippen LogP contribution in [0.25, 0.3) is 0 Å². The first-order chi connectivity index (χ1) is 9.58. The van der Waals surface area contributed by atoms with Gasteiger partial charge in [0.05, 0.1) is 25.4 Å². The van der Waals surface area contributed by atoms with Gasteiger partial charge in [-0.1, -0.05) is 26.7 Å². The van der Waals surface area contributed by atoms with Gasteiger partial charge in [0.1, 0.15) is 0 Å². The zero-order chi connectivity index (χ0) is 14.6. The zero-order valence-corrected chi connectivity index (χ0v) is 12.9. The zero-order valence-electron chi connectivity index (χ0n) is 12.9. The fraction of sp³-hybridized carbons (Fsp3) is 1.00. The van der Waals surface area contributed by atoms with Gasteiger partial charge in [0.2, 0.25) is 0 Å². The Hall–Kier alpha value is -0.160. The highest BCUT2D eigenvalue weighted by Crippen LogP contribution is 2.39. The SMILES string of the molecule is CCCCCC1(CC[C@@H]2C(C)[C@@H](O)C[C@H]2O)OCCO1. The van der Waals surface area contributed by atoms with Gasteiger partial charge in [0, 0.05) is 12.8 Å². The topological polar surface area (TPSA) is 58.9 Å². The van der Waals surface area contributed by atoms with E-state index in [1.54, 1.807) is 0 Å². The van der Waals surface area contributed by atoms with Crippen molar-refractivity contribution in [2.45, 2.75) is 76.8 Å². The number of ether oxygens (including phenoxy) is 2. The molecule has 1 aliphatic heterocycles. The van der Waals surface area contributed by atoms with Gasteiger partial charge in [-0.2, -0.15) is 0 Å². The molecular weight excluding hydrogens is 256 g/mol. The molecule has 0 aromatic heterocycles. The van der Waals surface area contributed by atoms with Crippen molar-refractivity contribution in [1.82, 2.24) is 0 Å². The third kappa shape index (κ3) is 3.73. The van der Waals surface area contributed by atoms with Crippen molar-refractivity contribution < 1.29 is 19.7 Å². The number of hydrogen-bond acceptors (Lipinski definition) is 4. The van der Waals surface area contributed by atoms with Crippen molar-refractivity contribution in [3.63, 3.8) is 0 Å². The van der Waals surface area contributed by atoms with Gasteiger partial charge in [0.25, 0.3) is 0 Å². The van der Waals surface area contributed by atoms with Gasteiger partial charge in [0.15, 0.2) is 5.79 Å². The Bertz CT molecular complexity index is 288. The molecule has 1 saturated heterocycles. The highest BCUT2D eigenvalue weighted by atomic mass is 16.7. The van der Waals surface area contributed by atoms with Crippen LogP contribution >= 0.6 is 0 Å².